The van der Waals surface area contributed by atoms with Crippen molar-refractivity contribution in [3.8, 4) is 11.6 Å². The van der Waals surface area contributed by atoms with Crippen molar-refractivity contribution >= 4 is 35.8 Å². The van der Waals surface area contributed by atoms with Gasteiger partial charge in [-0.1, -0.05) is 0 Å². The van der Waals surface area contributed by atoms with Crippen LogP contribution in [0.2, 0.25) is 0 Å². The van der Waals surface area contributed by atoms with Crippen molar-refractivity contribution < 1.29 is 9.21 Å². The number of guanidine groups is 1. The second-order valence-electron chi connectivity index (χ2n) is 7.36. The van der Waals surface area contributed by atoms with Crippen molar-refractivity contribution in [1.29, 1.82) is 0 Å². The number of hydrogen-bond donors (Lipinski definition) is 3. The van der Waals surface area contributed by atoms with Gasteiger partial charge in [0.25, 0.3) is 0 Å². The minimum atomic E-state index is 0. The number of furan rings is 1. The summed E-state index contributed by atoms with van der Waals surface area (Å²) in [5.41, 5.74) is 0. The molecule has 0 aromatic carbocycles. The van der Waals surface area contributed by atoms with Gasteiger partial charge in [-0.25, -0.2) is 9.98 Å². The normalized spacial score (nSPS) is 17.5. The van der Waals surface area contributed by atoms with Gasteiger partial charge in [-0.05, 0) is 31.9 Å². The third-order valence-corrected chi connectivity index (χ3v) is 4.97. The first kappa shape index (κ1) is 22.5. The van der Waals surface area contributed by atoms with Crippen LogP contribution in [0.3, 0.4) is 0 Å². The van der Waals surface area contributed by atoms with Gasteiger partial charge in [0.15, 0.2) is 11.7 Å². The Hall–Kier alpha value is -2.15. The molecule has 2 aromatic rings. The molecule has 11 heteroatoms. The van der Waals surface area contributed by atoms with Crippen molar-refractivity contribution in [2.24, 2.45) is 4.99 Å². The van der Waals surface area contributed by atoms with E-state index in [9.17, 15) is 4.79 Å². The van der Waals surface area contributed by atoms with E-state index < -0.39 is 0 Å². The number of nitrogens with zero attached hydrogens (tertiary/aromatic N) is 5. The van der Waals surface area contributed by atoms with Gasteiger partial charge < -0.3 is 20.0 Å². The first-order valence-corrected chi connectivity index (χ1v) is 10.2. The molecule has 1 aliphatic carbocycles. The number of aromatic nitrogens is 3. The molecule has 1 aliphatic heterocycles. The molecule has 0 unspecified atom stereocenters. The lowest BCUT2D eigenvalue weighted by atomic mass is 10.3. The van der Waals surface area contributed by atoms with Crippen LogP contribution in [0.4, 0.5) is 0 Å². The van der Waals surface area contributed by atoms with Gasteiger partial charge in [0, 0.05) is 38.8 Å². The van der Waals surface area contributed by atoms with E-state index in [1.165, 1.54) is 0 Å². The summed E-state index contributed by atoms with van der Waals surface area (Å²) in [5.74, 6) is 2.83. The van der Waals surface area contributed by atoms with Gasteiger partial charge in [0.2, 0.25) is 11.7 Å². The quantitative estimate of drug-likeness (QED) is 0.280. The van der Waals surface area contributed by atoms with Crippen LogP contribution in [-0.4, -0.2) is 82.2 Å². The van der Waals surface area contributed by atoms with Crippen LogP contribution >= 0.6 is 24.0 Å². The van der Waals surface area contributed by atoms with E-state index in [-0.39, 0.29) is 29.9 Å². The molecule has 2 aromatic heterocycles. The zero-order valence-electron chi connectivity index (χ0n) is 17.1. The number of hydrogen-bond acceptors (Lipinski definition) is 6. The number of aliphatic imine (C=N–C) groups is 1. The number of carbonyl (C=O) groups excluding carboxylic acids is 1. The predicted octanol–water partition coefficient (Wildman–Crippen LogP) is 1.04. The highest BCUT2D eigenvalue weighted by molar-refractivity contribution is 14.0. The van der Waals surface area contributed by atoms with Gasteiger partial charge in [-0.2, -0.15) is 0 Å². The van der Waals surface area contributed by atoms with Crippen LogP contribution in [0.25, 0.3) is 11.6 Å². The fourth-order valence-electron chi connectivity index (χ4n) is 3.28. The molecule has 0 bridgehead atoms. The maximum Gasteiger partial charge on any atom is 0.234 e. The summed E-state index contributed by atoms with van der Waals surface area (Å²) in [7, 11) is 0. The Balaban J connectivity index is 0.00000256. The molecule has 0 spiro atoms. The summed E-state index contributed by atoms with van der Waals surface area (Å²) in [4.78, 5) is 25.6. The van der Waals surface area contributed by atoms with Gasteiger partial charge in [-0.3, -0.25) is 14.8 Å². The number of halogens is 1. The highest BCUT2D eigenvalue weighted by Gasteiger charge is 2.26. The Kier molecular flexibility index (Phi) is 8.08. The highest BCUT2D eigenvalue weighted by Crippen LogP contribution is 2.18. The second kappa shape index (κ2) is 10.8. The zero-order valence-corrected chi connectivity index (χ0v) is 19.5. The lowest BCUT2D eigenvalue weighted by Crippen LogP contribution is -2.54. The lowest BCUT2D eigenvalue weighted by molar-refractivity contribution is -0.122. The molecule has 1 amide bonds. The van der Waals surface area contributed by atoms with E-state index in [0.717, 1.165) is 51.5 Å². The third-order valence-electron chi connectivity index (χ3n) is 4.97. The fraction of sp³-hybridized carbons (Fsp3) is 0.579. The Morgan fingerprint density at radius 3 is 2.80 bits per heavy atom. The maximum atomic E-state index is 12.0. The van der Waals surface area contributed by atoms with Crippen LogP contribution in [0.15, 0.2) is 27.8 Å². The summed E-state index contributed by atoms with van der Waals surface area (Å²) in [6.45, 7) is 7.06. The van der Waals surface area contributed by atoms with Gasteiger partial charge >= 0.3 is 0 Å². The number of aromatic amines is 1. The SMILES string of the molecule is CCNC(=NCc1nc(-c2ccco2)n[nH]1)N1CCN(CC(=O)NC2CC2)CC1.I. The average Bonchev–Trinajstić information content (AvgIpc) is 3.19. The summed E-state index contributed by atoms with van der Waals surface area (Å²) in [6.07, 6.45) is 3.84. The van der Waals surface area contributed by atoms with Crippen LogP contribution in [0, 0.1) is 0 Å². The van der Waals surface area contributed by atoms with Crippen LogP contribution in [0.1, 0.15) is 25.6 Å². The summed E-state index contributed by atoms with van der Waals surface area (Å²) in [5, 5.41) is 13.5. The molecule has 4 rings (SSSR count). The van der Waals surface area contributed by atoms with Gasteiger partial charge in [0.1, 0.15) is 12.4 Å². The van der Waals surface area contributed by atoms with Crippen molar-refractivity contribution in [2.45, 2.75) is 32.4 Å². The Morgan fingerprint density at radius 2 is 2.13 bits per heavy atom. The van der Waals surface area contributed by atoms with Gasteiger partial charge in [0.05, 0.1) is 12.8 Å². The molecule has 0 radical (unpaired) electrons. The smallest absolute Gasteiger partial charge is 0.234 e. The summed E-state index contributed by atoms with van der Waals surface area (Å²) in [6, 6.07) is 4.05. The molecular weight excluding hydrogens is 499 g/mol. The van der Waals surface area contributed by atoms with E-state index >= 15 is 0 Å². The monoisotopic (exact) mass is 528 g/mol. The number of nitrogens with one attached hydrogen (secondary N) is 3. The molecule has 1 saturated heterocycles. The average molecular weight is 528 g/mol. The number of amides is 1. The van der Waals surface area contributed by atoms with E-state index in [0.29, 0.717) is 36.5 Å². The molecule has 10 nitrogen and oxygen atoms in total. The lowest BCUT2D eigenvalue weighted by Gasteiger charge is -2.36. The fourth-order valence-corrected chi connectivity index (χ4v) is 3.28. The topological polar surface area (TPSA) is 115 Å². The van der Waals surface area contributed by atoms with Crippen molar-refractivity contribution in [2.75, 3.05) is 39.3 Å². The Morgan fingerprint density at radius 1 is 1.33 bits per heavy atom. The number of piperazine rings is 1. The predicted molar refractivity (Wildman–Crippen MR) is 123 cm³/mol. The van der Waals surface area contributed by atoms with E-state index in [2.05, 4.69) is 42.5 Å². The Labute approximate surface area is 192 Å². The first-order valence-electron chi connectivity index (χ1n) is 10.2. The molecule has 2 fully saturated rings. The largest absolute Gasteiger partial charge is 0.461 e. The van der Waals surface area contributed by atoms with E-state index in [4.69, 9.17) is 9.41 Å². The maximum absolute atomic E-state index is 12.0. The molecule has 1 saturated carbocycles. The zero-order chi connectivity index (χ0) is 20.1. The van der Waals surface area contributed by atoms with Gasteiger partial charge in [-0.15, -0.1) is 29.1 Å². The summed E-state index contributed by atoms with van der Waals surface area (Å²) < 4.78 is 5.32. The molecular formula is C19H29IN8O2. The van der Waals surface area contributed by atoms with Crippen molar-refractivity contribution in [3.05, 3.63) is 24.2 Å². The molecule has 2 aliphatic rings. The third kappa shape index (κ3) is 6.17. The van der Waals surface area contributed by atoms with Crippen LogP contribution in [-0.2, 0) is 11.3 Å². The van der Waals surface area contributed by atoms with E-state index in [1.807, 2.05) is 12.1 Å². The van der Waals surface area contributed by atoms with Crippen LogP contribution < -0.4 is 10.6 Å². The standard InChI is InChI=1S/C19H28N8O2.HI/c1-2-20-19(21-12-16-23-18(25-24-16)15-4-3-11-29-15)27-9-7-26(8-10-27)13-17(28)22-14-5-6-14;/h3-4,11,14H,2,5-10,12-13H2,1H3,(H,20,21)(H,22,28)(H,23,24,25);1H. The minimum absolute atomic E-state index is 0. The molecule has 30 heavy (non-hydrogen) atoms. The minimum Gasteiger partial charge on any atom is -0.461 e. The van der Waals surface area contributed by atoms with Crippen LogP contribution in [0.5, 0.6) is 0 Å². The van der Waals surface area contributed by atoms with E-state index in [1.54, 1.807) is 6.26 Å². The van der Waals surface area contributed by atoms with Crippen molar-refractivity contribution in [3.63, 3.8) is 0 Å². The number of H-pyrrole nitrogens is 1. The number of rotatable bonds is 7. The first-order chi connectivity index (χ1) is 14.2. The van der Waals surface area contributed by atoms with Crippen molar-refractivity contribution in [1.82, 2.24) is 35.6 Å². The number of carbonyl (C=O) groups is 1. The highest BCUT2D eigenvalue weighted by atomic mass is 127. The second-order valence-corrected chi connectivity index (χ2v) is 7.36. The Bertz CT molecular complexity index is 825. The summed E-state index contributed by atoms with van der Waals surface area (Å²) >= 11 is 0. The molecule has 0 atom stereocenters. The molecule has 164 valence electrons. The molecule has 3 N–H and O–H groups in total. The molecule has 3 heterocycles.